The zero-order chi connectivity index (χ0) is 20.2. The Morgan fingerprint density at radius 2 is 1.70 bits per heavy atom. The highest BCUT2D eigenvalue weighted by Crippen LogP contribution is 2.23. The number of carbonyl (C=O) groups is 2. The predicted octanol–water partition coefficient (Wildman–Crippen LogP) is 4.73. The lowest BCUT2D eigenvalue weighted by molar-refractivity contribution is -0.116. The van der Waals surface area contributed by atoms with Gasteiger partial charge in [0.1, 0.15) is 0 Å². The van der Waals surface area contributed by atoms with Gasteiger partial charge in [-0.15, -0.1) is 0 Å². The van der Waals surface area contributed by atoms with Gasteiger partial charge in [-0.2, -0.15) is 0 Å². The van der Waals surface area contributed by atoms with E-state index in [4.69, 9.17) is 11.6 Å². The van der Waals surface area contributed by atoms with Crippen LogP contribution in [0.5, 0.6) is 0 Å². The molecule has 2 amide bonds. The Morgan fingerprint density at radius 1 is 1.07 bits per heavy atom. The number of hydrogen-bond donors (Lipinski definition) is 1. The van der Waals surface area contributed by atoms with Crippen LogP contribution in [0.2, 0.25) is 5.02 Å². The number of benzene rings is 2. The fourth-order valence-corrected chi connectivity index (χ4v) is 2.90. The van der Waals surface area contributed by atoms with Gasteiger partial charge in [0, 0.05) is 36.3 Å². The van der Waals surface area contributed by atoms with Crippen LogP contribution in [0.3, 0.4) is 0 Å². The number of aryl methyl sites for hydroxylation is 1. The first-order chi connectivity index (χ1) is 12.6. The second-order valence-electron chi connectivity index (χ2n) is 7.69. The summed E-state index contributed by atoms with van der Waals surface area (Å²) in [6, 6.07) is 13.1. The topological polar surface area (TPSA) is 49.4 Å². The smallest absolute Gasteiger partial charge is 0.251 e. The van der Waals surface area contributed by atoms with Crippen molar-refractivity contribution in [2.24, 2.45) is 0 Å². The summed E-state index contributed by atoms with van der Waals surface area (Å²) < 4.78 is 0. The number of amides is 2. The second-order valence-corrected chi connectivity index (χ2v) is 8.09. The number of halogens is 1. The third-order valence-electron chi connectivity index (χ3n) is 4.48. The first-order valence-electron chi connectivity index (χ1n) is 9.02. The Bertz CT molecular complexity index is 823. The Balaban J connectivity index is 1.99. The molecule has 5 heteroatoms. The quantitative estimate of drug-likeness (QED) is 0.807. The van der Waals surface area contributed by atoms with Crippen molar-refractivity contribution >= 4 is 29.1 Å². The van der Waals surface area contributed by atoms with Crippen LogP contribution >= 0.6 is 11.6 Å². The first kappa shape index (κ1) is 21.0. The third-order valence-corrected chi connectivity index (χ3v) is 4.89. The number of anilines is 1. The number of nitrogens with one attached hydrogen (secondary N) is 1. The van der Waals surface area contributed by atoms with Gasteiger partial charge in [0.05, 0.1) is 0 Å². The molecule has 2 aromatic rings. The molecule has 0 unspecified atom stereocenters. The molecule has 0 bridgehead atoms. The molecule has 27 heavy (non-hydrogen) atoms. The van der Waals surface area contributed by atoms with Crippen LogP contribution in [0.15, 0.2) is 42.5 Å². The van der Waals surface area contributed by atoms with Gasteiger partial charge in [-0.1, -0.05) is 50.6 Å². The molecule has 0 atom stereocenters. The van der Waals surface area contributed by atoms with E-state index in [1.54, 1.807) is 11.0 Å². The Kier molecular flexibility index (Phi) is 6.66. The molecule has 0 heterocycles. The molecule has 2 aromatic carbocycles. The SMILES string of the molecule is CC(=O)N(CCNC(=O)c1ccc(C(C)(C)C)cc1)c1ccc(C)c(Cl)c1. The summed E-state index contributed by atoms with van der Waals surface area (Å²) in [5.74, 6) is -0.250. The van der Waals surface area contributed by atoms with E-state index >= 15 is 0 Å². The highest BCUT2D eigenvalue weighted by atomic mass is 35.5. The molecular weight excluding hydrogens is 360 g/mol. The summed E-state index contributed by atoms with van der Waals surface area (Å²) >= 11 is 6.16. The van der Waals surface area contributed by atoms with Crippen molar-refractivity contribution in [3.05, 3.63) is 64.2 Å². The molecule has 2 rings (SSSR count). The molecule has 1 N–H and O–H groups in total. The van der Waals surface area contributed by atoms with E-state index in [1.165, 1.54) is 12.5 Å². The molecule has 0 fully saturated rings. The van der Waals surface area contributed by atoms with Gasteiger partial charge in [-0.3, -0.25) is 9.59 Å². The monoisotopic (exact) mass is 386 g/mol. The Morgan fingerprint density at radius 3 is 2.22 bits per heavy atom. The van der Waals surface area contributed by atoms with E-state index in [9.17, 15) is 9.59 Å². The van der Waals surface area contributed by atoms with Crippen LogP contribution in [0.25, 0.3) is 0 Å². The van der Waals surface area contributed by atoms with E-state index in [0.717, 1.165) is 11.3 Å². The van der Waals surface area contributed by atoms with Gasteiger partial charge in [0.2, 0.25) is 5.91 Å². The highest BCUT2D eigenvalue weighted by molar-refractivity contribution is 6.31. The average molecular weight is 387 g/mol. The van der Waals surface area contributed by atoms with E-state index in [1.807, 2.05) is 43.3 Å². The minimum absolute atomic E-state index is 0.0479. The van der Waals surface area contributed by atoms with Crippen LogP contribution in [0.1, 0.15) is 49.2 Å². The van der Waals surface area contributed by atoms with Crippen molar-refractivity contribution in [3.63, 3.8) is 0 Å². The standard InChI is InChI=1S/C22H27ClN2O2/c1-15-6-11-19(14-20(15)23)25(16(2)26)13-12-24-21(27)17-7-9-18(10-8-17)22(3,4)5/h6-11,14H,12-13H2,1-5H3,(H,24,27). The number of nitrogens with zero attached hydrogens (tertiary/aromatic N) is 1. The highest BCUT2D eigenvalue weighted by Gasteiger charge is 2.15. The maximum atomic E-state index is 12.4. The second kappa shape index (κ2) is 8.57. The van der Waals surface area contributed by atoms with E-state index in [2.05, 4.69) is 26.1 Å². The van der Waals surface area contributed by atoms with Crippen molar-refractivity contribution in [2.75, 3.05) is 18.0 Å². The predicted molar refractivity (Wildman–Crippen MR) is 112 cm³/mol. The van der Waals surface area contributed by atoms with Crippen LogP contribution in [0, 0.1) is 6.92 Å². The molecule has 0 aliphatic rings. The Hall–Kier alpha value is -2.33. The van der Waals surface area contributed by atoms with Crippen LogP contribution in [-0.4, -0.2) is 24.9 Å². The van der Waals surface area contributed by atoms with Crippen molar-refractivity contribution in [3.8, 4) is 0 Å². The molecule has 0 radical (unpaired) electrons. The van der Waals surface area contributed by atoms with Gasteiger partial charge in [0.25, 0.3) is 5.91 Å². The molecule has 0 spiro atoms. The van der Waals surface area contributed by atoms with Gasteiger partial charge in [-0.25, -0.2) is 0 Å². The Labute approximate surface area is 166 Å². The zero-order valence-corrected chi connectivity index (χ0v) is 17.4. The van der Waals surface area contributed by atoms with Gasteiger partial charge >= 0.3 is 0 Å². The van der Waals surface area contributed by atoms with Crippen molar-refractivity contribution in [1.82, 2.24) is 5.32 Å². The molecule has 144 valence electrons. The summed E-state index contributed by atoms with van der Waals surface area (Å²) in [6.07, 6.45) is 0. The fourth-order valence-electron chi connectivity index (χ4n) is 2.72. The van der Waals surface area contributed by atoms with Crippen molar-refractivity contribution in [2.45, 2.75) is 40.0 Å². The third kappa shape index (κ3) is 5.57. The van der Waals surface area contributed by atoms with Gasteiger partial charge in [-0.05, 0) is 47.7 Å². The molecular formula is C22H27ClN2O2. The number of hydrogen-bond acceptors (Lipinski definition) is 2. The maximum absolute atomic E-state index is 12.4. The molecule has 0 aliphatic heterocycles. The number of carbonyl (C=O) groups excluding carboxylic acids is 2. The average Bonchev–Trinajstić information content (AvgIpc) is 2.60. The van der Waals surface area contributed by atoms with Crippen molar-refractivity contribution < 1.29 is 9.59 Å². The molecule has 0 saturated heterocycles. The van der Waals surface area contributed by atoms with Crippen molar-refractivity contribution in [1.29, 1.82) is 0 Å². The summed E-state index contributed by atoms with van der Waals surface area (Å²) in [6.45, 7) is 10.5. The lowest BCUT2D eigenvalue weighted by atomic mass is 9.87. The zero-order valence-electron chi connectivity index (χ0n) is 16.6. The lowest BCUT2D eigenvalue weighted by Crippen LogP contribution is -2.37. The molecule has 0 aliphatic carbocycles. The van der Waals surface area contributed by atoms with Crippen LogP contribution < -0.4 is 10.2 Å². The van der Waals surface area contributed by atoms with Gasteiger partial charge < -0.3 is 10.2 Å². The maximum Gasteiger partial charge on any atom is 0.251 e. The normalized spacial score (nSPS) is 11.2. The van der Waals surface area contributed by atoms with E-state index < -0.39 is 0 Å². The minimum atomic E-state index is -0.152. The van der Waals surface area contributed by atoms with E-state index in [-0.39, 0.29) is 17.2 Å². The summed E-state index contributed by atoms with van der Waals surface area (Å²) in [5, 5.41) is 3.49. The first-order valence-corrected chi connectivity index (χ1v) is 9.40. The number of rotatable bonds is 5. The molecule has 4 nitrogen and oxygen atoms in total. The summed E-state index contributed by atoms with van der Waals surface area (Å²) in [4.78, 5) is 25.9. The largest absolute Gasteiger partial charge is 0.350 e. The van der Waals surface area contributed by atoms with E-state index in [0.29, 0.717) is 23.7 Å². The minimum Gasteiger partial charge on any atom is -0.350 e. The van der Waals surface area contributed by atoms with Gasteiger partial charge in [0.15, 0.2) is 0 Å². The fraction of sp³-hybridized carbons (Fsp3) is 0.364. The lowest BCUT2D eigenvalue weighted by Gasteiger charge is -2.22. The van der Waals surface area contributed by atoms with Crippen LogP contribution in [0.4, 0.5) is 5.69 Å². The molecule has 0 aromatic heterocycles. The van der Waals surface area contributed by atoms with Crippen LogP contribution in [-0.2, 0) is 10.2 Å². The summed E-state index contributed by atoms with van der Waals surface area (Å²) in [7, 11) is 0. The molecule has 0 saturated carbocycles. The summed E-state index contributed by atoms with van der Waals surface area (Å²) in [5.41, 5.74) is 3.51.